The van der Waals surface area contributed by atoms with Crippen molar-refractivity contribution in [2.75, 3.05) is 6.54 Å². The van der Waals surface area contributed by atoms with Crippen LogP contribution in [0.1, 0.15) is 44.2 Å². The Balaban J connectivity index is 2.30. The van der Waals surface area contributed by atoms with Crippen LogP contribution in [0.2, 0.25) is 5.02 Å². The third kappa shape index (κ3) is 3.52. The highest BCUT2D eigenvalue weighted by atomic mass is 35.5. The molecule has 0 heterocycles. The fourth-order valence-corrected chi connectivity index (χ4v) is 2.98. The Bertz CT molecular complexity index is 479. The predicted octanol–water partition coefficient (Wildman–Crippen LogP) is 3.50. The van der Waals surface area contributed by atoms with Crippen molar-refractivity contribution in [3.63, 3.8) is 0 Å². The van der Waals surface area contributed by atoms with Crippen LogP contribution >= 0.6 is 11.6 Å². The van der Waals surface area contributed by atoms with Gasteiger partial charge in [0.1, 0.15) is 0 Å². The summed E-state index contributed by atoms with van der Waals surface area (Å²) in [5, 5.41) is 9.65. The van der Waals surface area contributed by atoms with Crippen LogP contribution < -0.4 is 5.73 Å². The third-order valence-electron chi connectivity index (χ3n) is 3.96. The van der Waals surface area contributed by atoms with Crippen molar-refractivity contribution < 1.29 is 0 Å². The minimum atomic E-state index is 0.0363. The standard InChI is InChI=1S/C16H22ClN3/c1-2-15(19)16(13-6-3-4-7-14(13)17)20(11-5-10-18)12-8-9-12/h3-4,6-7,12,15-16H,2,5,8-9,11,19H2,1H3. The lowest BCUT2D eigenvalue weighted by molar-refractivity contribution is 0.163. The van der Waals surface area contributed by atoms with E-state index in [1.807, 2.05) is 18.2 Å². The van der Waals surface area contributed by atoms with Crippen LogP contribution in [0.5, 0.6) is 0 Å². The van der Waals surface area contributed by atoms with Gasteiger partial charge in [0.15, 0.2) is 0 Å². The van der Waals surface area contributed by atoms with Crippen molar-refractivity contribution in [1.29, 1.82) is 5.26 Å². The minimum absolute atomic E-state index is 0.0363. The number of nitrogens with two attached hydrogens (primary N) is 1. The fraction of sp³-hybridized carbons (Fsp3) is 0.562. The smallest absolute Gasteiger partial charge is 0.0635 e. The van der Waals surface area contributed by atoms with E-state index in [1.54, 1.807) is 0 Å². The van der Waals surface area contributed by atoms with Gasteiger partial charge < -0.3 is 5.73 Å². The molecule has 0 radical (unpaired) electrons. The van der Waals surface area contributed by atoms with Gasteiger partial charge in [-0.2, -0.15) is 5.26 Å². The molecule has 20 heavy (non-hydrogen) atoms. The van der Waals surface area contributed by atoms with E-state index in [4.69, 9.17) is 22.6 Å². The van der Waals surface area contributed by atoms with Crippen LogP contribution in [0.25, 0.3) is 0 Å². The highest BCUT2D eigenvalue weighted by Crippen LogP contribution is 2.38. The summed E-state index contributed by atoms with van der Waals surface area (Å²) in [7, 11) is 0. The van der Waals surface area contributed by atoms with Crippen molar-refractivity contribution in [3.05, 3.63) is 34.9 Å². The topological polar surface area (TPSA) is 53.0 Å². The maximum Gasteiger partial charge on any atom is 0.0635 e. The molecule has 1 aromatic rings. The van der Waals surface area contributed by atoms with E-state index in [2.05, 4.69) is 24.0 Å². The molecule has 1 fully saturated rings. The van der Waals surface area contributed by atoms with Gasteiger partial charge in [0.25, 0.3) is 0 Å². The number of halogens is 1. The number of hydrogen-bond donors (Lipinski definition) is 1. The summed E-state index contributed by atoms with van der Waals surface area (Å²) in [6.07, 6.45) is 3.82. The summed E-state index contributed by atoms with van der Waals surface area (Å²) in [6, 6.07) is 10.9. The number of benzene rings is 1. The Kier molecular flexibility index (Phi) is 5.42. The second kappa shape index (κ2) is 7.08. The Morgan fingerprint density at radius 1 is 1.45 bits per heavy atom. The lowest BCUT2D eigenvalue weighted by Gasteiger charge is -2.36. The molecule has 108 valence electrons. The fourth-order valence-electron chi connectivity index (χ4n) is 2.73. The first-order valence-corrected chi connectivity index (χ1v) is 7.69. The van der Waals surface area contributed by atoms with E-state index in [-0.39, 0.29) is 12.1 Å². The van der Waals surface area contributed by atoms with E-state index in [9.17, 15) is 0 Å². The Hall–Kier alpha value is -1.08. The maximum absolute atomic E-state index is 8.89. The van der Waals surface area contributed by atoms with Crippen LogP contribution in [0.4, 0.5) is 0 Å². The summed E-state index contributed by atoms with van der Waals surface area (Å²) < 4.78 is 0. The zero-order chi connectivity index (χ0) is 14.5. The molecular weight excluding hydrogens is 270 g/mol. The molecule has 0 aromatic heterocycles. The largest absolute Gasteiger partial charge is 0.326 e. The molecule has 0 saturated heterocycles. The van der Waals surface area contributed by atoms with E-state index in [0.717, 1.165) is 23.6 Å². The summed E-state index contributed by atoms with van der Waals surface area (Å²) in [4.78, 5) is 2.39. The maximum atomic E-state index is 8.89. The zero-order valence-electron chi connectivity index (χ0n) is 11.9. The van der Waals surface area contributed by atoms with Crippen molar-refractivity contribution in [2.45, 2.75) is 50.7 Å². The van der Waals surface area contributed by atoms with Crippen LogP contribution in [0, 0.1) is 11.3 Å². The molecule has 2 N–H and O–H groups in total. The Labute approximate surface area is 126 Å². The second-order valence-electron chi connectivity index (χ2n) is 5.42. The summed E-state index contributed by atoms with van der Waals surface area (Å²) in [5.74, 6) is 0. The molecule has 0 bridgehead atoms. The van der Waals surface area contributed by atoms with Crippen LogP contribution in [0.3, 0.4) is 0 Å². The number of nitrogens with zero attached hydrogens (tertiary/aromatic N) is 2. The van der Waals surface area contributed by atoms with E-state index in [1.165, 1.54) is 12.8 Å². The van der Waals surface area contributed by atoms with Gasteiger partial charge in [0, 0.05) is 30.1 Å². The number of rotatable bonds is 7. The average molecular weight is 292 g/mol. The summed E-state index contributed by atoms with van der Waals surface area (Å²) in [5.41, 5.74) is 7.46. The molecule has 0 amide bonds. The SMILES string of the molecule is CCC(N)C(c1ccccc1Cl)N(CCC#N)C1CC1. The van der Waals surface area contributed by atoms with Gasteiger partial charge in [-0.3, -0.25) is 4.90 Å². The van der Waals surface area contributed by atoms with E-state index < -0.39 is 0 Å². The predicted molar refractivity (Wildman–Crippen MR) is 82.4 cm³/mol. The van der Waals surface area contributed by atoms with Crippen LogP contribution in [-0.4, -0.2) is 23.5 Å². The molecule has 2 unspecified atom stereocenters. The monoisotopic (exact) mass is 291 g/mol. The lowest BCUT2D eigenvalue weighted by atomic mass is 9.95. The molecule has 4 heteroatoms. The first-order chi connectivity index (χ1) is 9.69. The van der Waals surface area contributed by atoms with Gasteiger partial charge in [-0.1, -0.05) is 36.7 Å². The lowest BCUT2D eigenvalue weighted by Crippen LogP contribution is -2.42. The van der Waals surface area contributed by atoms with Crippen molar-refractivity contribution in [1.82, 2.24) is 4.90 Å². The molecule has 2 rings (SSSR count). The van der Waals surface area contributed by atoms with Gasteiger partial charge in [0.05, 0.1) is 12.1 Å². The molecule has 1 aliphatic rings. The first kappa shape index (κ1) is 15.3. The van der Waals surface area contributed by atoms with E-state index in [0.29, 0.717) is 12.5 Å². The minimum Gasteiger partial charge on any atom is -0.326 e. The molecule has 1 saturated carbocycles. The highest BCUT2D eigenvalue weighted by molar-refractivity contribution is 6.31. The highest BCUT2D eigenvalue weighted by Gasteiger charge is 2.37. The number of hydrogen-bond acceptors (Lipinski definition) is 3. The molecule has 1 aliphatic carbocycles. The molecule has 2 atom stereocenters. The van der Waals surface area contributed by atoms with Crippen LogP contribution in [-0.2, 0) is 0 Å². The van der Waals surface area contributed by atoms with Crippen LogP contribution in [0.15, 0.2) is 24.3 Å². The van der Waals surface area contributed by atoms with Gasteiger partial charge >= 0.3 is 0 Å². The normalized spacial score (nSPS) is 17.8. The van der Waals surface area contributed by atoms with Gasteiger partial charge in [-0.15, -0.1) is 0 Å². The van der Waals surface area contributed by atoms with Gasteiger partial charge in [-0.25, -0.2) is 0 Å². The zero-order valence-corrected chi connectivity index (χ0v) is 12.7. The van der Waals surface area contributed by atoms with Crippen molar-refractivity contribution in [3.8, 4) is 6.07 Å². The molecule has 0 aliphatic heterocycles. The van der Waals surface area contributed by atoms with Gasteiger partial charge in [0.2, 0.25) is 0 Å². The molecule has 1 aromatic carbocycles. The Morgan fingerprint density at radius 2 is 2.15 bits per heavy atom. The van der Waals surface area contributed by atoms with E-state index >= 15 is 0 Å². The average Bonchev–Trinajstić information content (AvgIpc) is 3.28. The third-order valence-corrected chi connectivity index (χ3v) is 4.30. The molecule has 3 nitrogen and oxygen atoms in total. The molecule has 0 spiro atoms. The Morgan fingerprint density at radius 3 is 2.70 bits per heavy atom. The second-order valence-corrected chi connectivity index (χ2v) is 5.82. The first-order valence-electron chi connectivity index (χ1n) is 7.31. The van der Waals surface area contributed by atoms with Crippen molar-refractivity contribution >= 4 is 11.6 Å². The van der Waals surface area contributed by atoms with Crippen molar-refractivity contribution in [2.24, 2.45) is 5.73 Å². The summed E-state index contributed by atoms with van der Waals surface area (Å²) >= 11 is 6.38. The van der Waals surface area contributed by atoms with Gasteiger partial charge in [-0.05, 0) is 30.9 Å². The quantitative estimate of drug-likeness (QED) is 0.836. The molecular formula is C16H22ClN3. The summed E-state index contributed by atoms with van der Waals surface area (Å²) in [6.45, 7) is 2.87. The number of nitriles is 1.